The van der Waals surface area contributed by atoms with Gasteiger partial charge in [0.1, 0.15) is 5.78 Å². The number of hydrogen-bond acceptors (Lipinski definition) is 2. The third-order valence-corrected chi connectivity index (χ3v) is 3.97. The average Bonchev–Trinajstić information content (AvgIpc) is 2.34. The molecule has 0 spiro atoms. The van der Waals surface area contributed by atoms with E-state index in [2.05, 4.69) is 6.92 Å². The maximum Gasteiger partial charge on any atom is 0.136 e. The largest absolute Gasteiger partial charge is 0.330 e. The van der Waals surface area contributed by atoms with Gasteiger partial charge in [0.25, 0.3) is 0 Å². The van der Waals surface area contributed by atoms with Crippen molar-refractivity contribution >= 4 is 5.78 Å². The van der Waals surface area contributed by atoms with Gasteiger partial charge in [-0.2, -0.15) is 0 Å². The molecule has 1 rings (SSSR count). The van der Waals surface area contributed by atoms with Crippen LogP contribution in [0.15, 0.2) is 0 Å². The number of carbonyl (C=O) groups excluding carboxylic acids is 1. The van der Waals surface area contributed by atoms with E-state index >= 15 is 0 Å². The number of unbranched alkanes of at least 4 members (excludes halogenated alkanes) is 2. The molecule has 0 aromatic rings. The van der Waals surface area contributed by atoms with Crippen LogP contribution in [0.4, 0.5) is 0 Å². The van der Waals surface area contributed by atoms with E-state index in [9.17, 15) is 4.79 Å². The van der Waals surface area contributed by atoms with Crippen molar-refractivity contribution in [3.8, 4) is 0 Å². The van der Waals surface area contributed by atoms with Crippen LogP contribution in [0, 0.1) is 11.8 Å². The lowest BCUT2D eigenvalue weighted by atomic mass is 9.75. The summed E-state index contributed by atoms with van der Waals surface area (Å²) in [6.45, 7) is 2.99. The minimum Gasteiger partial charge on any atom is -0.330 e. The molecule has 1 saturated carbocycles. The number of ketones is 1. The molecule has 1 aliphatic rings. The molecule has 0 saturated heterocycles. The zero-order valence-corrected chi connectivity index (χ0v) is 10.7. The zero-order valence-electron chi connectivity index (χ0n) is 10.7. The van der Waals surface area contributed by atoms with E-state index in [0.717, 1.165) is 38.6 Å². The molecule has 0 aromatic carbocycles. The second kappa shape index (κ2) is 7.83. The SMILES string of the molecule is CCC1CCCCC1C(=O)CCCCCN. The van der Waals surface area contributed by atoms with Gasteiger partial charge >= 0.3 is 0 Å². The topological polar surface area (TPSA) is 43.1 Å². The zero-order chi connectivity index (χ0) is 11.8. The van der Waals surface area contributed by atoms with E-state index in [0.29, 0.717) is 17.6 Å². The highest BCUT2D eigenvalue weighted by atomic mass is 16.1. The maximum absolute atomic E-state index is 12.1. The van der Waals surface area contributed by atoms with Crippen molar-refractivity contribution in [1.29, 1.82) is 0 Å². The molecular formula is C14H27NO. The summed E-state index contributed by atoms with van der Waals surface area (Å²) in [7, 11) is 0. The highest BCUT2D eigenvalue weighted by molar-refractivity contribution is 5.81. The lowest BCUT2D eigenvalue weighted by molar-refractivity contribution is -0.125. The predicted octanol–water partition coefficient (Wildman–Crippen LogP) is 3.29. The molecule has 2 unspecified atom stereocenters. The van der Waals surface area contributed by atoms with Crippen molar-refractivity contribution in [1.82, 2.24) is 0 Å². The Kier molecular flexibility index (Phi) is 6.70. The first-order valence-electron chi connectivity index (χ1n) is 7.02. The Bertz CT molecular complexity index is 203. The fourth-order valence-corrected chi connectivity index (χ4v) is 2.93. The molecule has 2 nitrogen and oxygen atoms in total. The summed E-state index contributed by atoms with van der Waals surface area (Å²) in [5.41, 5.74) is 5.45. The van der Waals surface area contributed by atoms with Gasteiger partial charge in [0.2, 0.25) is 0 Å². The molecule has 2 atom stereocenters. The van der Waals surface area contributed by atoms with E-state index in [4.69, 9.17) is 5.73 Å². The minimum atomic E-state index is 0.386. The first-order valence-corrected chi connectivity index (χ1v) is 7.02. The van der Waals surface area contributed by atoms with Gasteiger partial charge in [0.15, 0.2) is 0 Å². The molecule has 0 radical (unpaired) electrons. The first kappa shape index (κ1) is 13.7. The fraction of sp³-hybridized carbons (Fsp3) is 0.929. The summed E-state index contributed by atoms with van der Waals surface area (Å²) in [5, 5.41) is 0. The van der Waals surface area contributed by atoms with E-state index < -0.39 is 0 Å². The van der Waals surface area contributed by atoms with Crippen molar-refractivity contribution in [2.24, 2.45) is 17.6 Å². The highest BCUT2D eigenvalue weighted by Gasteiger charge is 2.28. The van der Waals surface area contributed by atoms with Gasteiger partial charge in [-0.3, -0.25) is 4.79 Å². The highest BCUT2D eigenvalue weighted by Crippen LogP contribution is 2.33. The molecule has 0 aliphatic heterocycles. The van der Waals surface area contributed by atoms with E-state index in [1.54, 1.807) is 0 Å². The molecule has 1 aliphatic carbocycles. The summed E-state index contributed by atoms with van der Waals surface area (Å²) < 4.78 is 0. The predicted molar refractivity (Wildman–Crippen MR) is 68.3 cm³/mol. The third-order valence-electron chi connectivity index (χ3n) is 3.97. The van der Waals surface area contributed by atoms with Crippen molar-refractivity contribution < 1.29 is 4.79 Å². The minimum absolute atomic E-state index is 0.386. The van der Waals surface area contributed by atoms with Crippen LogP contribution < -0.4 is 5.73 Å². The Labute approximate surface area is 100.0 Å². The lowest BCUT2D eigenvalue weighted by Crippen LogP contribution is -2.26. The number of carbonyl (C=O) groups is 1. The van der Waals surface area contributed by atoms with Crippen molar-refractivity contribution in [3.63, 3.8) is 0 Å². The molecule has 0 bridgehead atoms. The summed E-state index contributed by atoms with van der Waals surface area (Å²) in [6, 6.07) is 0. The number of nitrogens with two attached hydrogens (primary N) is 1. The van der Waals surface area contributed by atoms with Crippen LogP contribution >= 0.6 is 0 Å². The van der Waals surface area contributed by atoms with Crippen LogP contribution in [0.3, 0.4) is 0 Å². The van der Waals surface area contributed by atoms with Gasteiger partial charge in [-0.05, 0) is 38.1 Å². The van der Waals surface area contributed by atoms with Crippen molar-refractivity contribution in [3.05, 3.63) is 0 Å². The smallest absolute Gasteiger partial charge is 0.136 e. The van der Waals surface area contributed by atoms with Gasteiger partial charge in [-0.1, -0.05) is 32.6 Å². The van der Waals surface area contributed by atoms with Gasteiger partial charge in [0, 0.05) is 12.3 Å². The van der Waals surface area contributed by atoms with E-state index in [1.807, 2.05) is 0 Å². The molecule has 16 heavy (non-hydrogen) atoms. The molecular weight excluding hydrogens is 198 g/mol. The van der Waals surface area contributed by atoms with Crippen LogP contribution in [-0.2, 0) is 4.79 Å². The van der Waals surface area contributed by atoms with Crippen LogP contribution in [-0.4, -0.2) is 12.3 Å². The molecule has 2 heteroatoms. The number of Topliss-reactive ketones (excluding diaryl/α,β-unsaturated/α-hetero) is 1. The molecule has 2 N–H and O–H groups in total. The van der Waals surface area contributed by atoms with E-state index in [1.165, 1.54) is 25.7 Å². The molecule has 0 aromatic heterocycles. The normalized spacial score (nSPS) is 25.6. The molecule has 0 amide bonds. The van der Waals surface area contributed by atoms with Crippen molar-refractivity contribution in [2.45, 2.75) is 64.7 Å². The van der Waals surface area contributed by atoms with Crippen LogP contribution in [0.25, 0.3) is 0 Å². The Balaban J connectivity index is 2.27. The molecule has 94 valence electrons. The second-order valence-electron chi connectivity index (χ2n) is 5.12. The lowest BCUT2D eigenvalue weighted by Gasteiger charge is -2.29. The monoisotopic (exact) mass is 225 g/mol. The van der Waals surface area contributed by atoms with Crippen LogP contribution in [0.5, 0.6) is 0 Å². The quantitative estimate of drug-likeness (QED) is 0.676. The van der Waals surface area contributed by atoms with Gasteiger partial charge in [-0.25, -0.2) is 0 Å². The summed E-state index contributed by atoms with van der Waals surface area (Å²) in [4.78, 5) is 12.1. The first-order chi connectivity index (χ1) is 7.79. The third kappa shape index (κ3) is 4.25. The number of hydrogen-bond donors (Lipinski definition) is 1. The summed E-state index contributed by atoms with van der Waals surface area (Å²) in [6.07, 6.45) is 10.2. The van der Waals surface area contributed by atoms with E-state index in [-0.39, 0.29) is 0 Å². The van der Waals surface area contributed by atoms with Gasteiger partial charge in [-0.15, -0.1) is 0 Å². The van der Waals surface area contributed by atoms with Gasteiger partial charge in [0.05, 0.1) is 0 Å². The fourth-order valence-electron chi connectivity index (χ4n) is 2.93. The van der Waals surface area contributed by atoms with Gasteiger partial charge < -0.3 is 5.73 Å². The molecule has 1 fully saturated rings. The maximum atomic E-state index is 12.1. The Morgan fingerprint density at radius 3 is 2.62 bits per heavy atom. The average molecular weight is 225 g/mol. The number of rotatable bonds is 7. The summed E-state index contributed by atoms with van der Waals surface area (Å²) in [5.74, 6) is 1.59. The van der Waals surface area contributed by atoms with Crippen LogP contribution in [0.1, 0.15) is 64.7 Å². The Morgan fingerprint density at radius 2 is 1.94 bits per heavy atom. The Morgan fingerprint density at radius 1 is 1.19 bits per heavy atom. The summed E-state index contributed by atoms with van der Waals surface area (Å²) >= 11 is 0. The Hall–Kier alpha value is -0.370. The second-order valence-corrected chi connectivity index (χ2v) is 5.12. The molecule has 0 heterocycles. The standard InChI is InChI=1S/C14H27NO/c1-2-12-8-5-6-9-13(12)14(16)10-4-3-7-11-15/h12-13H,2-11,15H2,1H3. The van der Waals surface area contributed by atoms with Crippen LogP contribution in [0.2, 0.25) is 0 Å². The van der Waals surface area contributed by atoms with Crippen molar-refractivity contribution in [2.75, 3.05) is 6.54 Å².